The van der Waals surface area contributed by atoms with E-state index in [4.69, 9.17) is 4.42 Å². The molecule has 0 fully saturated rings. The fraction of sp³-hybridized carbons (Fsp3) is 0. The molecule has 4 nitrogen and oxygen atoms in total. The van der Waals surface area contributed by atoms with Crippen molar-refractivity contribution in [3.8, 4) is 34.0 Å². The quantitative estimate of drug-likeness (QED) is 0.357. The van der Waals surface area contributed by atoms with Crippen LogP contribution < -0.4 is 5.43 Å². The molecule has 2 aromatic heterocycles. The highest BCUT2D eigenvalue weighted by atomic mass is 79.9. The molecular weight excluding hydrogens is 428 g/mol. The summed E-state index contributed by atoms with van der Waals surface area (Å²) in [6.07, 6.45) is 0. The smallest absolute Gasteiger partial charge is 0.211 e. The number of aromatic nitrogens is 2. The maximum absolute atomic E-state index is 13.5. The average Bonchev–Trinajstić information content (AvgIpc) is 3.20. The van der Waals surface area contributed by atoms with Crippen LogP contribution in [0.1, 0.15) is 0 Å². The first-order chi connectivity index (χ1) is 14.2. The van der Waals surface area contributed by atoms with Crippen LogP contribution in [0.25, 0.3) is 45.1 Å². The topological polar surface area (TPSA) is 58.9 Å². The Morgan fingerprint density at radius 3 is 2.00 bits per heavy atom. The Kier molecular flexibility index (Phi) is 4.37. The minimum Gasteiger partial charge on any atom is -0.454 e. The zero-order chi connectivity index (χ0) is 19.8. The van der Waals surface area contributed by atoms with Crippen molar-refractivity contribution >= 4 is 27.0 Å². The van der Waals surface area contributed by atoms with E-state index >= 15 is 0 Å². The van der Waals surface area contributed by atoms with E-state index in [2.05, 4.69) is 25.9 Å². The van der Waals surface area contributed by atoms with Gasteiger partial charge in [-0.25, -0.2) is 4.98 Å². The summed E-state index contributed by atoms with van der Waals surface area (Å²) in [4.78, 5) is 21.4. The number of rotatable bonds is 3. The van der Waals surface area contributed by atoms with E-state index in [1.54, 1.807) is 0 Å². The predicted molar refractivity (Wildman–Crippen MR) is 119 cm³/mol. The Morgan fingerprint density at radius 2 is 1.34 bits per heavy atom. The highest BCUT2D eigenvalue weighted by Crippen LogP contribution is 2.36. The fourth-order valence-electron chi connectivity index (χ4n) is 3.37. The second-order valence-electron chi connectivity index (χ2n) is 6.61. The first kappa shape index (κ1) is 17.6. The second kappa shape index (κ2) is 7.18. The molecule has 29 heavy (non-hydrogen) atoms. The molecule has 0 spiro atoms. The monoisotopic (exact) mass is 442 g/mol. The number of H-pyrrole nitrogens is 1. The molecule has 0 aliphatic heterocycles. The number of nitrogens with zero attached hydrogens (tertiary/aromatic N) is 1. The normalized spacial score (nSPS) is 11.1. The van der Waals surface area contributed by atoms with Gasteiger partial charge in [0.05, 0.1) is 11.0 Å². The van der Waals surface area contributed by atoms with Crippen LogP contribution in [0.3, 0.4) is 0 Å². The summed E-state index contributed by atoms with van der Waals surface area (Å²) in [5.74, 6) is 1.46. The van der Waals surface area contributed by atoms with Crippen LogP contribution in [0.15, 0.2) is 98.6 Å². The van der Waals surface area contributed by atoms with Gasteiger partial charge in [0, 0.05) is 11.1 Å². The summed E-state index contributed by atoms with van der Waals surface area (Å²) < 4.78 is 6.71. The van der Waals surface area contributed by atoms with E-state index in [9.17, 15) is 4.79 Å². The Morgan fingerprint density at radius 1 is 0.759 bits per heavy atom. The molecule has 1 N–H and O–H groups in total. The molecule has 0 bridgehead atoms. The van der Waals surface area contributed by atoms with Crippen molar-refractivity contribution in [1.29, 1.82) is 0 Å². The van der Waals surface area contributed by atoms with Crippen molar-refractivity contribution in [2.24, 2.45) is 0 Å². The number of hydrogen-bond donors (Lipinski definition) is 1. The lowest BCUT2D eigenvalue weighted by atomic mass is 10.0. The molecule has 2 heterocycles. The fourth-order valence-corrected chi connectivity index (χ4v) is 3.88. The Labute approximate surface area is 175 Å². The van der Waals surface area contributed by atoms with E-state index in [0.717, 1.165) is 22.2 Å². The van der Waals surface area contributed by atoms with Gasteiger partial charge in [0.15, 0.2) is 5.76 Å². The van der Waals surface area contributed by atoms with Gasteiger partial charge in [-0.05, 0) is 28.1 Å². The van der Waals surface area contributed by atoms with E-state index in [0.29, 0.717) is 27.4 Å². The third-order valence-electron chi connectivity index (χ3n) is 4.76. The van der Waals surface area contributed by atoms with Crippen LogP contribution in [-0.4, -0.2) is 9.97 Å². The van der Waals surface area contributed by atoms with Gasteiger partial charge in [-0.3, -0.25) is 4.79 Å². The van der Waals surface area contributed by atoms with Gasteiger partial charge in [-0.1, -0.05) is 72.8 Å². The molecule has 0 saturated heterocycles. The van der Waals surface area contributed by atoms with Crippen molar-refractivity contribution in [3.05, 3.63) is 99.6 Å². The van der Waals surface area contributed by atoms with Gasteiger partial charge >= 0.3 is 0 Å². The van der Waals surface area contributed by atoms with Gasteiger partial charge in [0.2, 0.25) is 5.43 Å². The Bertz CT molecular complexity index is 1340. The molecule has 5 heteroatoms. The molecular formula is C24H15BrN2O2. The zero-order valence-corrected chi connectivity index (χ0v) is 16.8. The van der Waals surface area contributed by atoms with Crippen LogP contribution in [0.2, 0.25) is 0 Å². The molecule has 5 aromatic rings. The van der Waals surface area contributed by atoms with Crippen molar-refractivity contribution < 1.29 is 4.42 Å². The number of aromatic amines is 1. The van der Waals surface area contributed by atoms with Crippen molar-refractivity contribution in [3.63, 3.8) is 0 Å². The molecule has 3 aromatic carbocycles. The maximum Gasteiger partial charge on any atom is 0.211 e. The highest BCUT2D eigenvalue weighted by molar-refractivity contribution is 9.10. The minimum atomic E-state index is -0.173. The Balaban J connectivity index is 1.84. The SMILES string of the molecule is O=c1c(Br)c(-c2ccccc2)oc(-c2ccccc2)c1-c1nc2ccccc2[nH]1. The van der Waals surface area contributed by atoms with Crippen LogP contribution in [0.4, 0.5) is 0 Å². The van der Waals surface area contributed by atoms with Crippen LogP contribution in [0, 0.1) is 0 Å². The molecule has 0 amide bonds. The minimum absolute atomic E-state index is 0.173. The summed E-state index contributed by atoms with van der Waals surface area (Å²) >= 11 is 3.47. The maximum atomic E-state index is 13.5. The lowest BCUT2D eigenvalue weighted by molar-refractivity contribution is 0.578. The summed E-state index contributed by atoms with van der Waals surface area (Å²) in [6, 6.07) is 26.9. The first-order valence-electron chi connectivity index (χ1n) is 9.15. The Hall–Kier alpha value is -3.44. The molecule has 140 valence electrons. The number of fused-ring (bicyclic) bond motifs is 1. The number of para-hydroxylation sites is 2. The van der Waals surface area contributed by atoms with E-state index in [1.807, 2.05) is 84.9 Å². The number of halogens is 1. The summed E-state index contributed by atoms with van der Waals surface area (Å²) in [7, 11) is 0. The summed E-state index contributed by atoms with van der Waals surface area (Å²) in [6.45, 7) is 0. The van der Waals surface area contributed by atoms with Crippen molar-refractivity contribution in [2.45, 2.75) is 0 Å². The van der Waals surface area contributed by atoms with Gasteiger partial charge in [0.1, 0.15) is 21.6 Å². The number of benzene rings is 3. The van der Waals surface area contributed by atoms with E-state index < -0.39 is 0 Å². The first-order valence-corrected chi connectivity index (χ1v) is 9.94. The van der Waals surface area contributed by atoms with Crippen molar-refractivity contribution in [1.82, 2.24) is 9.97 Å². The summed E-state index contributed by atoms with van der Waals surface area (Å²) in [5, 5.41) is 0. The van der Waals surface area contributed by atoms with E-state index in [-0.39, 0.29) is 5.43 Å². The van der Waals surface area contributed by atoms with Gasteiger partial charge < -0.3 is 9.40 Å². The number of hydrogen-bond acceptors (Lipinski definition) is 3. The number of nitrogens with one attached hydrogen (secondary N) is 1. The zero-order valence-electron chi connectivity index (χ0n) is 15.2. The van der Waals surface area contributed by atoms with Crippen LogP contribution >= 0.6 is 15.9 Å². The van der Waals surface area contributed by atoms with E-state index in [1.165, 1.54) is 0 Å². The summed E-state index contributed by atoms with van der Waals surface area (Å²) in [5.41, 5.74) is 3.52. The number of imidazole rings is 1. The molecule has 0 saturated carbocycles. The van der Waals surface area contributed by atoms with Gasteiger partial charge in [0.25, 0.3) is 0 Å². The predicted octanol–water partition coefficient (Wildman–Crippen LogP) is 6.28. The molecule has 5 rings (SSSR count). The van der Waals surface area contributed by atoms with Crippen molar-refractivity contribution in [2.75, 3.05) is 0 Å². The molecule has 0 radical (unpaired) electrons. The lowest BCUT2D eigenvalue weighted by Crippen LogP contribution is -2.10. The second-order valence-corrected chi connectivity index (χ2v) is 7.41. The molecule has 0 aliphatic rings. The standard InChI is InChI=1S/C24H15BrN2O2/c25-20-21(28)19(24-26-17-13-7-8-14-18(17)27-24)22(15-9-3-1-4-10-15)29-23(20)16-11-5-2-6-12-16/h1-14H,(H,26,27). The molecule has 0 aliphatic carbocycles. The third-order valence-corrected chi connectivity index (χ3v) is 5.48. The average molecular weight is 443 g/mol. The lowest BCUT2D eigenvalue weighted by Gasteiger charge is -2.11. The van der Waals surface area contributed by atoms with Crippen LogP contribution in [-0.2, 0) is 0 Å². The highest BCUT2D eigenvalue weighted by Gasteiger charge is 2.23. The third kappa shape index (κ3) is 3.09. The molecule has 0 atom stereocenters. The molecule has 0 unspecified atom stereocenters. The van der Waals surface area contributed by atoms with Gasteiger partial charge in [-0.2, -0.15) is 0 Å². The van der Waals surface area contributed by atoms with Gasteiger partial charge in [-0.15, -0.1) is 0 Å². The largest absolute Gasteiger partial charge is 0.454 e. The van der Waals surface area contributed by atoms with Crippen LogP contribution in [0.5, 0.6) is 0 Å².